The van der Waals surface area contributed by atoms with E-state index < -0.39 is 36.2 Å². The molecule has 1 aliphatic rings. The Bertz CT molecular complexity index is 406. The largest absolute Gasteiger partial charge is 0.463 e. The first-order valence-corrected chi connectivity index (χ1v) is 6.85. The number of hydrogen-bond donors (Lipinski definition) is 0. The topological polar surface area (TPSA) is 88.1 Å². The Labute approximate surface area is 123 Å². The van der Waals surface area contributed by atoms with Crippen LogP contribution >= 0.6 is 0 Å². The molecule has 7 heteroatoms. The molecule has 0 bridgehead atoms. The molecule has 1 fully saturated rings. The zero-order valence-electron chi connectivity index (χ0n) is 13.0. The summed E-state index contributed by atoms with van der Waals surface area (Å²) in [6, 6.07) is 0. The van der Waals surface area contributed by atoms with Crippen LogP contribution < -0.4 is 0 Å². The Morgan fingerprint density at radius 2 is 1.43 bits per heavy atom. The van der Waals surface area contributed by atoms with Crippen LogP contribution in [0.3, 0.4) is 0 Å². The maximum Gasteiger partial charge on any atom is 0.303 e. The highest BCUT2D eigenvalue weighted by Crippen LogP contribution is 2.30. The number of hydrogen-bond acceptors (Lipinski definition) is 7. The molecule has 0 N–H and O–H groups in total. The van der Waals surface area contributed by atoms with Crippen molar-refractivity contribution in [1.29, 1.82) is 0 Å². The maximum absolute atomic E-state index is 11.3. The van der Waals surface area contributed by atoms with Gasteiger partial charge >= 0.3 is 17.9 Å². The predicted octanol–water partition coefficient (Wildman–Crippen LogP) is 0.836. The Morgan fingerprint density at radius 3 is 1.90 bits per heavy atom. The Morgan fingerprint density at radius 1 is 0.905 bits per heavy atom. The lowest BCUT2D eigenvalue weighted by Crippen LogP contribution is -2.57. The molecule has 0 aromatic carbocycles. The molecule has 0 aromatic heterocycles. The SMILES string of the molecule is CC(=O)OC[C@H]1OC(C)[C@@H](C)[C@@H](OC(C)=O)[C@@H]1OC(C)=O. The van der Waals surface area contributed by atoms with Gasteiger partial charge in [-0.05, 0) is 6.92 Å². The summed E-state index contributed by atoms with van der Waals surface area (Å²) in [5.74, 6) is -1.61. The van der Waals surface area contributed by atoms with Crippen LogP contribution in [0, 0.1) is 5.92 Å². The third-order valence-corrected chi connectivity index (χ3v) is 3.39. The number of carbonyl (C=O) groups excluding carboxylic acids is 3. The van der Waals surface area contributed by atoms with Gasteiger partial charge in [0.05, 0.1) is 6.10 Å². The molecule has 0 radical (unpaired) electrons. The van der Waals surface area contributed by atoms with E-state index in [0.717, 1.165) is 0 Å². The second-order valence-corrected chi connectivity index (χ2v) is 5.19. The summed E-state index contributed by atoms with van der Waals surface area (Å²) in [5.41, 5.74) is 0. The Balaban J connectivity index is 2.94. The predicted molar refractivity (Wildman–Crippen MR) is 71.2 cm³/mol. The van der Waals surface area contributed by atoms with Crippen LogP contribution in [0.4, 0.5) is 0 Å². The monoisotopic (exact) mass is 302 g/mol. The van der Waals surface area contributed by atoms with Crippen molar-refractivity contribution in [1.82, 2.24) is 0 Å². The molecule has 1 saturated heterocycles. The van der Waals surface area contributed by atoms with Gasteiger partial charge in [-0.15, -0.1) is 0 Å². The van der Waals surface area contributed by atoms with Crippen molar-refractivity contribution < 1.29 is 33.3 Å². The molecule has 0 saturated carbocycles. The molecule has 1 aliphatic heterocycles. The first kappa shape index (κ1) is 17.4. The standard InChI is InChI=1S/C14H22O7/c1-7-8(2)19-12(6-18-9(3)15)14(21-11(5)17)13(7)20-10(4)16/h7-8,12-14H,6H2,1-5H3/t7-,8?,12-,13-,14-/m1/s1. The zero-order valence-corrected chi connectivity index (χ0v) is 13.0. The van der Waals surface area contributed by atoms with Gasteiger partial charge in [0, 0.05) is 26.7 Å². The van der Waals surface area contributed by atoms with Gasteiger partial charge in [-0.2, -0.15) is 0 Å². The summed E-state index contributed by atoms with van der Waals surface area (Å²) in [6.07, 6.45) is -2.36. The lowest BCUT2D eigenvalue weighted by molar-refractivity contribution is -0.228. The molecular formula is C14H22O7. The van der Waals surface area contributed by atoms with Crippen molar-refractivity contribution in [2.45, 2.75) is 59.0 Å². The molecule has 0 aromatic rings. The Kier molecular flexibility index (Phi) is 6.14. The van der Waals surface area contributed by atoms with Gasteiger partial charge < -0.3 is 18.9 Å². The maximum atomic E-state index is 11.3. The lowest BCUT2D eigenvalue weighted by Gasteiger charge is -2.43. The summed E-state index contributed by atoms with van der Waals surface area (Å²) >= 11 is 0. The van der Waals surface area contributed by atoms with Gasteiger partial charge in [0.25, 0.3) is 0 Å². The fourth-order valence-corrected chi connectivity index (χ4v) is 2.29. The van der Waals surface area contributed by atoms with E-state index in [4.69, 9.17) is 18.9 Å². The normalized spacial score (nSPS) is 32.1. The molecule has 21 heavy (non-hydrogen) atoms. The van der Waals surface area contributed by atoms with Crippen LogP contribution in [0.15, 0.2) is 0 Å². The van der Waals surface area contributed by atoms with E-state index in [-0.39, 0.29) is 18.6 Å². The van der Waals surface area contributed by atoms with Crippen molar-refractivity contribution in [2.75, 3.05) is 6.61 Å². The Hall–Kier alpha value is -1.63. The van der Waals surface area contributed by atoms with E-state index in [2.05, 4.69) is 0 Å². The van der Waals surface area contributed by atoms with E-state index in [9.17, 15) is 14.4 Å². The van der Waals surface area contributed by atoms with Crippen molar-refractivity contribution >= 4 is 17.9 Å². The quantitative estimate of drug-likeness (QED) is 0.561. The van der Waals surface area contributed by atoms with Crippen LogP contribution in [0.2, 0.25) is 0 Å². The summed E-state index contributed by atoms with van der Waals surface area (Å²) in [7, 11) is 0. The van der Waals surface area contributed by atoms with E-state index in [1.54, 1.807) is 0 Å². The van der Waals surface area contributed by atoms with Crippen LogP contribution in [-0.2, 0) is 33.3 Å². The first-order chi connectivity index (χ1) is 9.72. The van der Waals surface area contributed by atoms with Gasteiger partial charge in [-0.1, -0.05) is 6.92 Å². The average Bonchev–Trinajstić information content (AvgIpc) is 2.35. The number of rotatable bonds is 4. The molecule has 0 spiro atoms. The van der Waals surface area contributed by atoms with Gasteiger partial charge in [0.2, 0.25) is 0 Å². The summed E-state index contributed by atoms with van der Waals surface area (Å²) in [4.78, 5) is 33.5. The van der Waals surface area contributed by atoms with Crippen molar-refractivity contribution in [3.05, 3.63) is 0 Å². The second-order valence-electron chi connectivity index (χ2n) is 5.19. The van der Waals surface area contributed by atoms with E-state index in [1.807, 2.05) is 13.8 Å². The summed E-state index contributed by atoms with van der Waals surface area (Å²) < 4.78 is 21.2. The highest BCUT2D eigenvalue weighted by Gasteiger charge is 2.46. The smallest absolute Gasteiger partial charge is 0.303 e. The van der Waals surface area contributed by atoms with Gasteiger partial charge in [-0.3, -0.25) is 14.4 Å². The molecule has 1 heterocycles. The third kappa shape index (κ3) is 5.00. The fraction of sp³-hybridized carbons (Fsp3) is 0.786. The van der Waals surface area contributed by atoms with Crippen LogP contribution in [0.25, 0.3) is 0 Å². The second kappa shape index (κ2) is 7.40. The highest BCUT2D eigenvalue weighted by atomic mass is 16.6. The van der Waals surface area contributed by atoms with Crippen molar-refractivity contribution in [3.63, 3.8) is 0 Å². The van der Waals surface area contributed by atoms with Crippen LogP contribution in [-0.4, -0.2) is 48.9 Å². The molecular weight excluding hydrogens is 280 g/mol. The minimum atomic E-state index is -0.808. The molecule has 120 valence electrons. The van der Waals surface area contributed by atoms with Gasteiger partial charge in [0.1, 0.15) is 18.8 Å². The summed E-state index contributed by atoms with van der Waals surface area (Å²) in [5, 5.41) is 0. The molecule has 5 atom stereocenters. The lowest BCUT2D eigenvalue weighted by atomic mass is 9.88. The highest BCUT2D eigenvalue weighted by molar-refractivity contribution is 5.67. The van der Waals surface area contributed by atoms with E-state index in [1.165, 1.54) is 20.8 Å². The molecule has 1 rings (SSSR count). The average molecular weight is 302 g/mol. The van der Waals surface area contributed by atoms with Crippen LogP contribution in [0.5, 0.6) is 0 Å². The van der Waals surface area contributed by atoms with Gasteiger partial charge in [0.15, 0.2) is 6.10 Å². The minimum absolute atomic E-state index is 0.0674. The number of esters is 3. The number of carbonyl (C=O) groups is 3. The molecule has 1 unspecified atom stereocenters. The molecule has 7 nitrogen and oxygen atoms in total. The zero-order chi connectivity index (χ0) is 16.2. The summed E-state index contributed by atoms with van der Waals surface area (Å²) in [6.45, 7) is 7.43. The van der Waals surface area contributed by atoms with Crippen molar-refractivity contribution in [3.8, 4) is 0 Å². The number of ether oxygens (including phenoxy) is 4. The van der Waals surface area contributed by atoms with E-state index in [0.29, 0.717) is 0 Å². The van der Waals surface area contributed by atoms with Crippen molar-refractivity contribution in [2.24, 2.45) is 5.92 Å². The molecule has 0 aliphatic carbocycles. The van der Waals surface area contributed by atoms with Crippen LogP contribution in [0.1, 0.15) is 34.6 Å². The van der Waals surface area contributed by atoms with E-state index >= 15 is 0 Å². The minimum Gasteiger partial charge on any atom is -0.463 e. The van der Waals surface area contributed by atoms with Gasteiger partial charge in [-0.25, -0.2) is 0 Å². The molecule has 0 amide bonds. The third-order valence-electron chi connectivity index (χ3n) is 3.39. The first-order valence-electron chi connectivity index (χ1n) is 6.85. The fourth-order valence-electron chi connectivity index (χ4n) is 2.29.